The number of unbranched alkanes of at least 4 members (excludes halogenated alkanes) is 2. The summed E-state index contributed by atoms with van der Waals surface area (Å²) in [6, 6.07) is 6.83. The van der Waals surface area contributed by atoms with Gasteiger partial charge < -0.3 is 20.4 Å². The number of rotatable bonds is 14. The predicted molar refractivity (Wildman–Crippen MR) is 116 cm³/mol. The number of hydrogen-bond acceptors (Lipinski definition) is 4. The Labute approximate surface area is 170 Å². The first kappa shape index (κ1) is 24.1. The van der Waals surface area contributed by atoms with Gasteiger partial charge in [-0.25, -0.2) is 0 Å². The van der Waals surface area contributed by atoms with Gasteiger partial charge in [0.2, 0.25) is 0 Å². The minimum atomic E-state index is -0.103. The second-order valence-electron chi connectivity index (χ2n) is 7.40. The van der Waals surface area contributed by atoms with Crippen molar-refractivity contribution in [3.8, 4) is 0 Å². The molecule has 0 spiro atoms. The maximum absolute atomic E-state index is 12.2. The summed E-state index contributed by atoms with van der Waals surface area (Å²) in [5.41, 5.74) is 1.15. The summed E-state index contributed by atoms with van der Waals surface area (Å²) in [5, 5.41) is 5.86. The van der Waals surface area contributed by atoms with E-state index in [1.165, 1.54) is 25.7 Å². The van der Waals surface area contributed by atoms with E-state index in [-0.39, 0.29) is 11.8 Å². The highest BCUT2D eigenvalue weighted by Gasteiger charge is 2.09. The smallest absolute Gasteiger partial charge is 0.251 e. The molecular formula is C22H38N4O2. The molecule has 0 aliphatic carbocycles. The van der Waals surface area contributed by atoms with Crippen LogP contribution in [0.5, 0.6) is 0 Å². The van der Waals surface area contributed by atoms with E-state index in [2.05, 4.69) is 48.4 Å². The zero-order chi connectivity index (χ0) is 20.8. The molecular weight excluding hydrogens is 352 g/mol. The molecule has 28 heavy (non-hydrogen) atoms. The van der Waals surface area contributed by atoms with Crippen molar-refractivity contribution in [2.75, 3.05) is 53.4 Å². The fourth-order valence-corrected chi connectivity index (χ4v) is 2.78. The first-order chi connectivity index (χ1) is 13.5. The van der Waals surface area contributed by atoms with E-state index < -0.39 is 0 Å². The van der Waals surface area contributed by atoms with Crippen molar-refractivity contribution >= 4 is 11.8 Å². The van der Waals surface area contributed by atoms with Gasteiger partial charge in [0, 0.05) is 37.3 Å². The Morgan fingerprint density at radius 3 is 1.39 bits per heavy atom. The van der Waals surface area contributed by atoms with E-state index in [9.17, 15) is 9.59 Å². The van der Waals surface area contributed by atoms with Crippen molar-refractivity contribution in [2.24, 2.45) is 0 Å². The molecule has 0 heterocycles. The van der Waals surface area contributed by atoms with E-state index in [1.54, 1.807) is 24.3 Å². The molecule has 0 unspecified atom stereocenters. The van der Waals surface area contributed by atoms with Crippen LogP contribution in [0.2, 0.25) is 0 Å². The van der Waals surface area contributed by atoms with Gasteiger partial charge in [-0.05, 0) is 64.3 Å². The highest BCUT2D eigenvalue weighted by Crippen LogP contribution is 2.04. The lowest BCUT2D eigenvalue weighted by Gasteiger charge is -2.16. The third-order valence-electron chi connectivity index (χ3n) is 4.75. The van der Waals surface area contributed by atoms with Crippen molar-refractivity contribution < 1.29 is 9.59 Å². The normalized spacial score (nSPS) is 11.1. The Morgan fingerprint density at radius 1 is 0.714 bits per heavy atom. The lowest BCUT2D eigenvalue weighted by molar-refractivity contribution is 0.0938. The van der Waals surface area contributed by atoms with Gasteiger partial charge in [-0.15, -0.1) is 0 Å². The molecule has 1 aromatic carbocycles. The van der Waals surface area contributed by atoms with Crippen LogP contribution in [0.4, 0.5) is 0 Å². The maximum Gasteiger partial charge on any atom is 0.251 e. The molecule has 6 heteroatoms. The van der Waals surface area contributed by atoms with Crippen molar-refractivity contribution in [3.63, 3.8) is 0 Å². The van der Waals surface area contributed by atoms with E-state index >= 15 is 0 Å². The summed E-state index contributed by atoms with van der Waals surface area (Å²) in [6.07, 6.45) is 4.68. The van der Waals surface area contributed by atoms with Crippen LogP contribution in [0.25, 0.3) is 0 Å². The topological polar surface area (TPSA) is 64.7 Å². The average Bonchev–Trinajstić information content (AvgIpc) is 2.70. The lowest BCUT2D eigenvalue weighted by Crippen LogP contribution is -2.34. The second kappa shape index (κ2) is 14.1. The first-order valence-corrected chi connectivity index (χ1v) is 10.5. The van der Waals surface area contributed by atoms with Gasteiger partial charge >= 0.3 is 0 Å². The van der Waals surface area contributed by atoms with Crippen LogP contribution >= 0.6 is 0 Å². The maximum atomic E-state index is 12.2. The molecule has 0 radical (unpaired) electrons. The van der Waals surface area contributed by atoms with Gasteiger partial charge in [0.15, 0.2) is 0 Å². The minimum absolute atomic E-state index is 0.103. The lowest BCUT2D eigenvalue weighted by atomic mass is 10.1. The van der Waals surface area contributed by atoms with Crippen LogP contribution in [0.3, 0.4) is 0 Å². The van der Waals surface area contributed by atoms with Crippen molar-refractivity contribution in [2.45, 2.75) is 39.5 Å². The Balaban J connectivity index is 2.35. The number of nitrogens with zero attached hydrogens (tertiary/aromatic N) is 2. The molecule has 0 saturated carbocycles. The van der Waals surface area contributed by atoms with Gasteiger partial charge in [0.1, 0.15) is 0 Å². The number of nitrogens with one attached hydrogen (secondary N) is 2. The third kappa shape index (κ3) is 9.85. The van der Waals surface area contributed by atoms with Crippen molar-refractivity contribution in [3.05, 3.63) is 35.4 Å². The van der Waals surface area contributed by atoms with Crippen LogP contribution in [-0.4, -0.2) is 75.0 Å². The van der Waals surface area contributed by atoms with Gasteiger partial charge in [0.05, 0.1) is 0 Å². The molecule has 2 N–H and O–H groups in total. The average molecular weight is 391 g/mol. The molecule has 0 fully saturated rings. The molecule has 0 aromatic heterocycles. The molecule has 0 atom stereocenters. The summed E-state index contributed by atoms with van der Waals surface area (Å²) in [5.74, 6) is -0.207. The van der Waals surface area contributed by atoms with Crippen molar-refractivity contribution in [1.29, 1.82) is 0 Å². The Hall–Kier alpha value is -1.92. The minimum Gasteiger partial charge on any atom is -0.351 e. The van der Waals surface area contributed by atoms with E-state index in [0.29, 0.717) is 24.2 Å². The molecule has 6 nitrogen and oxygen atoms in total. The largest absolute Gasteiger partial charge is 0.351 e. The van der Waals surface area contributed by atoms with Gasteiger partial charge in [-0.2, -0.15) is 0 Å². The molecule has 2 amide bonds. The molecule has 0 saturated heterocycles. The fourth-order valence-electron chi connectivity index (χ4n) is 2.78. The summed E-state index contributed by atoms with van der Waals surface area (Å²) >= 11 is 0. The van der Waals surface area contributed by atoms with Crippen LogP contribution in [0.1, 0.15) is 60.2 Å². The summed E-state index contributed by atoms with van der Waals surface area (Å²) in [6.45, 7) is 9.34. The number of hydrogen-bond donors (Lipinski definition) is 2. The standard InChI is InChI=1S/C22H38N4O2/c1-5-7-15-25(3)17-13-23-21(27)19-9-11-20(12-10-19)22(28)24-14-18-26(4)16-8-6-2/h9-12H,5-8,13-18H2,1-4H3,(H,23,27)(H,24,28). The number of likely N-dealkylation sites (N-methyl/N-ethyl adjacent to an activating group) is 2. The highest BCUT2D eigenvalue weighted by molar-refractivity contribution is 5.97. The Bertz CT molecular complexity index is 523. The monoisotopic (exact) mass is 390 g/mol. The number of benzene rings is 1. The van der Waals surface area contributed by atoms with Crippen LogP contribution < -0.4 is 10.6 Å². The quantitative estimate of drug-likeness (QED) is 0.513. The second-order valence-corrected chi connectivity index (χ2v) is 7.40. The molecule has 1 aromatic rings. The summed E-state index contributed by atoms with van der Waals surface area (Å²) in [7, 11) is 4.13. The fraction of sp³-hybridized carbons (Fsp3) is 0.636. The van der Waals surface area contributed by atoms with Crippen LogP contribution in [0.15, 0.2) is 24.3 Å². The number of carbonyl (C=O) groups is 2. The molecule has 1 rings (SSSR count). The summed E-state index contributed by atoms with van der Waals surface area (Å²) in [4.78, 5) is 28.9. The van der Waals surface area contributed by atoms with E-state index in [4.69, 9.17) is 0 Å². The molecule has 158 valence electrons. The van der Waals surface area contributed by atoms with Crippen LogP contribution in [-0.2, 0) is 0 Å². The van der Waals surface area contributed by atoms with Gasteiger partial charge in [-0.3, -0.25) is 9.59 Å². The van der Waals surface area contributed by atoms with E-state index in [1.807, 2.05) is 0 Å². The van der Waals surface area contributed by atoms with Crippen LogP contribution in [0, 0.1) is 0 Å². The highest BCUT2D eigenvalue weighted by atomic mass is 16.2. The first-order valence-electron chi connectivity index (χ1n) is 10.5. The zero-order valence-corrected chi connectivity index (χ0v) is 18.1. The number of carbonyl (C=O) groups excluding carboxylic acids is 2. The van der Waals surface area contributed by atoms with Crippen molar-refractivity contribution in [1.82, 2.24) is 20.4 Å². The Morgan fingerprint density at radius 2 is 1.07 bits per heavy atom. The van der Waals surface area contributed by atoms with Gasteiger partial charge in [-0.1, -0.05) is 26.7 Å². The molecule has 0 aliphatic rings. The third-order valence-corrected chi connectivity index (χ3v) is 4.75. The van der Waals surface area contributed by atoms with E-state index in [0.717, 1.165) is 26.2 Å². The number of amides is 2. The molecule has 0 bridgehead atoms. The Kier molecular flexibility index (Phi) is 12.2. The zero-order valence-electron chi connectivity index (χ0n) is 18.1. The SMILES string of the molecule is CCCCN(C)CCNC(=O)c1ccc(C(=O)NCCN(C)CCCC)cc1. The summed E-state index contributed by atoms with van der Waals surface area (Å²) < 4.78 is 0. The van der Waals surface area contributed by atoms with Gasteiger partial charge in [0.25, 0.3) is 11.8 Å². The predicted octanol–water partition coefficient (Wildman–Crippen LogP) is 2.61. The molecule has 0 aliphatic heterocycles.